The molecule has 4 aromatic rings. The van der Waals surface area contributed by atoms with Crippen molar-refractivity contribution in [2.24, 2.45) is 0 Å². The number of carbonyl (C=O) groups is 1. The van der Waals surface area contributed by atoms with E-state index in [0.717, 1.165) is 29.3 Å². The fourth-order valence-corrected chi connectivity index (χ4v) is 3.78. The Morgan fingerprint density at radius 1 is 1.19 bits per heavy atom. The fraction of sp³-hybridized carbons (Fsp3) is 0.227. The van der Waals surface area contributed by atoms with E-state index in [0.29, 0.717) is 16.8 Å². The number of carbonyl (C=O) groups excluding carboxylic acids is 1. The zero-order valence-electron chi connectivity index (χ0n) is 16.8. The van der Waals surface area contributed by atoms with Crippen molar-refractivity contribution in [1.82, 2.24) is 19.7 Å². The molecule has 0 atom stereocenters. The van der Waals surface area contributed by atoms with Gasteiger partial charge >= 0.3 is 0 Å². The third kappa shape index (κ3) is 4.06. The summed E-state index contributed by atoms with van der Waals surface area (Å²) in [5.74, 6) is 0.663. The molecule has 0 N–H and O–H groups in total. The molecule has 2 aromatic heterocycles. The first-order chi connectivity index (χ1) is 15.5. The Balaban J connectivity index is 1.33. The third-order valence-corrected chi connectivity index (χ3v) is 5.69. The minimum atomic E-state index is -0.431. The number of fused-ring (bicyclic) bond motifs is 1. The zero-order valence-corrected chi connectivity index (χ0v) is 17.6. The van der Waals surface area contributed by atoms with Crippen LogP contribution in [0.25, 0.3) is 22.4 Å². The number of amides is 1. The Morgan fingerprint density at radius 2 is 1.97 bits per heavy atom. The Kier molecular flexibility index (Phi) is 5.10. The van der Waals surface area contributed by atoms with Crippen molar-refractivity contribution >= 4 is 34.1 Å². The molecule has 1 amide bonds. The van der Waals surface area contributed by atoms with Crippen molar-refractivity contribution in [3.05, 3.63) is 75.8 Å². The number of nitro benzene ring substituents is 1. The van der Waals surface area contributed by atoms with Gasteiger partial charge in [-0.15, -0.1) is 10.2 Å². The van der Waals surface area contributed by atoms with Crippen LogP contribution in [0.3, 0.4) is 0 Å². The third-order valence-electron chi connectivity index (χ3n) is 5.44. The quantitative estimate of drug-likeness (QED) is 0.303. The summed E-state index contributed by atoms with van der Waals surface area (Å²) in [6, 6.07) is 13.6. The topological polar surface area (TPSA) is 107 Å². The lowest BCUT2D eigenvalue weighted by Crippen LogP contribution is -2.35. The SMILES string of the molecule is O=C(Cn1ccc2cc([N+](=O)[O-])ccc21)N(Cc1nnc(-c2ccc(Cl)cc2)o1)C1CC1. The summed E-state index contributed by atoms with van der Waals surface area (Å²) < 4.78 is 7.57. The number of hydrogen-bond acceptors (Lipinski definition) is 6. The van der Waals surface area contributed by atoms with Gasteiger partial charge in [0.15, 0.2) is 0 Å². The van der Waals surface area contributed by atoms with Crippen LogP contribution in [0.2, 0.25) is 5.02 Å². The predicted octanol–water partition coefficient (Wildman–Crippen LogP) is 4.44. The van der Waals surface area contributed by atoms with Gasteiger partial charge < -0.3 is 13.9 Å². The van der Waals surface area contributed by atoms with E-state index >= 15 is 0 Å². The number of benzene rings is 2. The van der Waals surface area contributed by atoms with Crippen molar-refractivity contribution in [2.45, 2.75) is 32.0 Å². The predicted molar refractivity (Wildman–Crippen MR) is 117 cm³/mol. The van der Waals surface area contributed by atoms with Crippen LogP contribution in [0.5, 0.6) is 0 Å². The first-order valence-corrected chi connectivity index (χ1v) is 10.5. The first kappa shape index (κ1) is 20.2. The molecule has 1 fully saturated rings. The Labute approximate surface area is 187 Å². The van der Waals surface area contributed by atoms with Gasteiger partial charge in [-0.25, -0.2) is 0 Å². The monoisotopic (exact) mass is 451 g/mol. The van der Waals surface area contributed by atoms with Gasteiger partial charge in [0.05, 0.1) is 11.5 Å². The first-order valence-electron chi connectivity index (χ1n) is 10.1. The number of halogens is 1. The molecule has 1 aliphatic rings. The van der Waals surface area contributed by atoms with Crippen LogP contribution in [-0.4, -0.2) is 36.5 Å². The summed E-state index contributed by atoms with van der Waals surface area (Å²) in [5, 5.41) is 20.5. The van der Waals surface area contributed by atoms with Crippen molar-refractivity contribution in [2.75, 3.05) is 0 Å². The highest BCUT2D eigenvalue weighted by Gasteiger charge is 2.34. The fourth-order valence-electron chi connectivity index (χ4n) is 3.65. The van der Waals surface area contributed by atoms with Gasteiger partial charge in [0, 0.05) is 45.9 Å². The van der Waals surface area contributed by atoms with Crippen LogP contribution in [0, 0.1) is 10.1 Å². The van der Waals surface area contributed by atoms with E-state index < -0.39 is 4.92 Å². The van der Waals surface area contributed by atoms with Crippen molar-refractivity contribution < 1.29 is 14.1 Å². The summed E-state index contributed by atoms with van der Waals surface area (Å²) in [6.45, 7) is 0.352. The molecule has 0 bridgehead atoms. The number of non-ortho nitro benzene ring substituents is 1. The van der Waals surface area contributed by atoms with Crippen LogP contribution in [-0.2, 0) is 17.9 Å². The van der Waals surface area contributed by atoms with E-state index in [4.69, 9.17) is 16.0 Å². The zero-order chi connectivity index (χ0) is 22.2. The standard InChI is InChI=1S/C22H18ClN5O4/c23-16-3-1-14(2-4-16)22-25-24-20(32-22)12-27(17-5-6-17)21(29)13-26-10-9-15-11-18(28(30)31)7-8-19(15)26/h1-4,7-11,17H,5-6,12-13H2. The summed E-state index contributed by atoms with van der Waals surface area (Å²) in [5.41, 5.74) is 1.54. The molecule has 0 saturated heterocycles. The van der Waals surface area contributed by atoms with Gasteiger partial charge in [0.1, 0.15) is 6.54 Å². The molecule has 10 heteroatoms. The molecule has 5 rings (SSSR count). The molecular formula is C22H18ClN5O4. The van der Waals surface area contributed by atoms with Crippen LogP contribution in [0.1, 0.15) is 18.7 Å². The minimum Gasteiger partial charge on any atom is -0.419 e. The molecule has 0 aliphatic heterocycles. The van der Waals surface area contributed by atoms with Crippen molar-refractivity contribution in [3.8, 4) is 11.5 Å². The smallest absolute Gasteiger partial charge is 0.270 e. The summed E-state index contributed by atoms with van der Waals surface area (Å²) in [7, 11) is 0. The van der Waals surface area contributed by atoms with E-state index in [-0.39, 0.29) is 30.7 Å². The number of aromatic nitrogens is 3. The van der Waals surface area contributed by atoms with Gasteiger partial charge in [-0.3, -0.25) is 14.9 Å². The summed E-state index contributed by atoms with van der Waals surface area (Å²) in [6.07, 6.45) is 3.63. The Bertz CT molecular complexity index is 1310. The molecule has 9 nitrogen and oxygen atoms in total. The van der Waals surface area contributed by atoms with Crippen LogP contribution in [0.4, 0.5) is 5.69 Å². The largest absolute Gasteiger partial charge is 0.419 e. The maximum atomic E-state index is 13.1. The van der Waals surface area contributed by atoms with Gasteiger partial charge in [0.25, 0.3) is 5.69 Å². The maximum absolute atomic E-state index is 13.1. The lowest BCUT2D eigenvalue weighted by molar-refractivity contribution is -0.384. The van der Waals surface area contributed by atoms with Crippen LogP contribution in [0.15, 0.2) is 59.1 Å². The maximum Gasteiger partial charge on any atom is 0.270 e. The van der Waals surface area contributed by atoms with Gasteiger partial charge in [-0.05, 0) is 49.2 Å². The van der Waals surface area contributed by atoms with Crippen LogP contribution >= 0.6 is 11.6 Å². The van der Waals surface area contributed by atoms with Gasteiger partial charge in [-0.2, -0.15) is 0 Å². The van der Waals surface area contributed by atoms with Gasteiger partial charge in [0.2, 0.25) is 17.7 Å². The number of rotatable bonds is 7. The molecule has 1 aliphatic carbocycles. The van der Waals surface area contributed by atoms with E-state index in [2.05, 4.69) is 10.2 Å². The molecule has 1 saturated carbocycles. The molecule has 2 aromatic carbocycles. The molecule has 2 heterocycles. The van der Waals surface area contributed by atoms with Crippen LogP contribution < -0.4 is 0 Å². The molecule has 0 spiro atoms. The van der Waals surface area contributed by atoms with Gasteiger partial charge in [-0.1, -0.05) is 11.6 Å². The lowest BCUT2D eigenvalue weighted by atomic mass is 10.2. The highest BCUT2D eigenvalue weighted by Crippen LogP contribution is 2.30. The molecule has 32 heavy (non-hydrogen) atoms. The summed E-state index contributed by atoms with van der Waals surface area (Å²) in [4.78, 5) is 25.4. The number of nitro groups is 1. The molecular weight excluding hydrogens is 434 g/mol. The van der Waals surface area contributed by atoms with E-state index in [1.807, 2.05) is 0 Å². The normalized spacial score (nSPS) is 13.4. The molecule has 0 radical (unpaired) electrons. The highest BCUT2D eigenvalue weighted by molar-refractivity contribution is 6.30. The van der Waals surface area contributed by atoms with E-state index in [9.17, 15) is 14.9 Å². The Hall–Kier alpha value is -3.72. The highest BCUT2D eigenvalue weighted by atomic mass is 35.5. The Morgan fingerprint density at radius 3 is 2.69 bits per heavy atom. The van der Waals surface area contributed by atoms with E-state index in [1.165, 1.54) is 12.1 Å². The minimum absolute atomic E-state index is 0.0223. The van der Waals surface area contributed by atoms with E-state index in [1.54, 1.807) is 52.1 Å². The lowest BCUT2D eigenvalue weighted by Gasteiger charge is -2.21. The van der Waals surface area contributed by atoms with Crippen molar-refractivity contribution in [3.63, 3.8) is 0 Å². The second-order valence-corrected chi connectivity index (χ2v) is 8.14. The molecule has 0 unspecified atom stereocenters. The average molecular weight is 452 g/mol. The second-order valence-electron chi connectivity index (χ2n) is 7.70. The second kappa shape index (κ2) is 8.08. The molecule has 162 valence electrons. The average Bonchev–Trinajstić information content (AvgIpc) is 3.39. The number of nitrogens with zero attached hydrogens (tertiary/aromatic N) is 5. The summed E-state index contributed by atoms with van der Waals surface area (Å²) >= 11 is 5.92. The number of hydrogen-bond donors (Lipinski definition) is 0. The van der Waals surface area contributed by atoms with Crippen molar-refractivity contribution in [1.29, 1.82) is 0 Å².